The molecule has 0 atom stereocenters. The molecule has 2 aromatic rings. The molecule has 110 valence electrons. The lowest BCUT2D eigenvalue weighted by Gasteiger charge is -2.08. The van der Waals surface area contributed by atoms with Gasteiger partial charge in [-0.05, 0) is 45.0 Å². The van der Waals surface area contributed by atoms with Crippen molar-refractivity contribution in [1.29, 1.82) is 0 Å². The molecule has 6 heteroatoms. The summed E-state index contributed by atoms with van der Waals surface area (Å²) in [4.78, 5) is 23.8. The minimum atomic E-state index is -0.306. The number of amides is 2. The van der Waals surface area contributed by atoms with Gasteiger partial charge in [-0.3, -0.25) is 9.59 Å². The molecular formula is C15H17N3O3. The number of anilines is 1. The number of carbonyl (C=O) groups is 2. The third-order valence-electron chi connectivity index (χ3n) is 2.70. The Kier molecular flexibility index (Phi) is 4.37. The van der Waals surface area contributed by atoms with Gasteiger partial charge in [-0.1, -0.05) is 5.16 Å². The van der Waals surface area contributed by atoms with Gasteiger partial charge in [-0.15, -0.1) is 0 Å². The van der Waals surface area contributed by atoms with Gasteiger partial charge in [-0.2, -0.15) is 0 Å². The molecule has 0 aliphatic heterocycles. The highest BCUT2D eigenvalue weighted by Crippen LogP contribution is 2.10. The summed E-state index contributed by atoms with van der Waals surface area (Å²) in [5, 5.41) is 9.09. The van der Waals surface area contributed by atoms with Gasteiger partial charge in [0.05, 0.1) is 0 Å². The largest absolute Gasteiger partial charge is 0.360 e. The molecule has 2 rings (SSSR count). The monoisotopic (exact) mass is 287 g/mol. The summed E-state index contributed by atoms with van der Waals surface area (Å²) in [7, 11) is 0. The van der Waals surface area contributed by atoms with Crippen LogP contribution >= 0.6 is 0 Å². The van der Waals surface area contributed by atoms with Crippen molar-refractivity contribution in [3.05, 3.63) is 47.2 Å². The van der Waals surface area contributed by atoms with Crippen LogP contribution in [-0.2, 0) is 0 Å². The molecule has 0 bridgehead atoms. The number of aryl methyl sites for hydroxylation is 1. The van der Waals surface area contributed by atoms with Gasteiger partial charge in [-0.25, -0.2) is 0 Å². The van der Waals surface area contributed by atoms with Crippen LogP contribution in [0.2, 0.25) is 0 Å². The molecule has 21 heavy (non-hydrogen) atoms. The maximum absolute atomic E-state index is 12.0. The Morgan fingerprint density at radius 1 is 1.10 bits per heavy atom. The van der Waals surface area contributed by atoms with E-state index >= 15 is 0 Å². The quantitative estimate of drug-likeness (QED) is 0.904. The lowest BCUT2D eigenvalue weighted by Crippen LogP contribution is -2.30. The standard InChI is InChI=1S/C15H17N3O3/c1-9(2)16-14(19)11-4-6-12(7-5-11)15(20)17-13-8-10(3)21-18-13/h4-9H,1-3H3,(H,16,19)(H,17,18,20). The fraction of sp³-hybridized carbons (Fsp3) is 0.267. The van der Waals surface area contributed by atoms with E-state index in [-0.39, 0.29) is 17.9 Å². The molecule has 2 amide bonds. The first kappa shape index (κ1) is 14.8. The molecule has 0 radical (unpaired) electrons. The van der Waals surface area contributed by atoms with Crippen LogP contribution in [0.1, 0.15) is 40.3 Å². The molecule has 2 N–H and O–H groups in total. The van der Waals surface area contributed by atoms with Crippen molar-refractivity contribution in [2.24, 2.45) is 0 Å². The summed E-state index contributed by atoms with van der Waals surface area (Å²) in [6, 6.07) is 8.11. The molecule has 1 aromatic heterocycles. The van der Waals surface area contributed by atoms with Crippen molar-refractivity contribution < 1.29 is 14.1 Å². The van der Waals surface area contributed by atoms with Crippen LogP contribution in [-0.4, -0.2) is 23.0 Å². The van der Waals surface area contributed by atoms with Gasteiger partial charge in [0.1, 0.15) is 5.76 Å². The fourth-order valence-corrected chi connectivity index (χ4v) is 1.73. The van der Waals surface area contributed by atoms with Gasteiger partial charge in [0.15, 0.2) is 5.82 Å². The SMILES string of the molecule is Cc1cc(NC(=O)c2ccc(C(=O)NC(C)C)cc2)no1. The lowest BCUT2D eigenvalue weighted by molar-refractivity contribution is 0.0941. The average Bonchev–Trinajstić information content (AvgIpc) is 2.83. The summed E-state index contributed by atoms with van der Waals surface area (Å²) in [6.45, 7) is 5.52. The van der Waals surface area contributed by atoms with Crippen LogP contribution in [0.3, 0.4) is 0 Å². The van der Waals surface area contributed by atoms with Crippen molar-refractivity contribution in [2.75, 3.05) is 5.32 Å². The van der Waals surface area contributed by atoms with Gasteiger partial charge < -0.3 is 15.2 Å². The minimum absolute atomic E-state index is 0.0656. The van der Waals surface area contributed by atoms with E-state index in [9.17, 15) is 9.59 Å². The fourth-order valence-electron chi connectivity index (χ4n) is 1.73. The Balaban J connectivity index is 2.04. The molecule has 0 aliphatic carbocycles. The lowest BCUT2D eigenvalue weighted by atomic mass is 10.1. The number of aromatic nitrogens is 1. The highest BCUT2D eigenvalue weighted by atomic mass is 16.5. The molecule has 1 aromatic carbocycles. The van der Waals surface area contributed by atoms with E-state index in [1.54, 1.807) is 37.3 Å². The molecule has 6 nitrogen and oxygen atoms in total. The molecular weight excluding hydrogens is 270 g/mol. The third kappa shape index (κ3) is 3.92. The first-order valence-corrected chi connectivity index (χ1v) is 6.61. The summed E-state index contributed by atoms with van der Waals surface area (Å²) in [6.07, 6.45) is 0. The molecule has 0 aliphatic rings. The Labute approximate surface area is 122 Å². The van der Waals surface area contributed by atoms with E-state index in [0.717, 1.165) is 0 Å². The van der Waals surface area contributed by atoms with Crippen molar-refractivity contribution in [3.8, 4) is 0 Å². The van der Waals surface area contributed by atoms with Crippen molar-refractivity contribution >= 4 is 17.6 Å². The smallest absolute Gasteiger partial charge is 0.256 e. The van der Waals surface area contributed by atoms with E-state index in [0.29, 0.717) is 22.7 Å². The molecule has 0 spiro atoms. The first-order chi connectivity index (χ1) is 9.95. The number of rotatable bonds is 4. The number of benzene rings is 1. The zero-order valence-corrected chi connectivity index (χ0v) is 12.1. The summed E-state index contributed by atoms with van der Waals surface area (Å²) in [5.74, 6) is 0.508. The highest BCUT2D eigenvalue weighted by molar-refractivity contribution is 6.04. The summed E-state index contributed by atoms with van der Waals surface area (Å²) in [5.41, 5.74) is 0.953. The Bertz CT molecular complexity index is 644. The van der Waals surface area contributed by atoms with E-state index in [1.165, 1.54) is 0 Å². The maximum Gasteiger partial charge on any atom is 0.256 e. The van der Waals surface area contributed by atoms with Gasteiger partial charge in [0.25, 0.3) is 11.8 Å². The second-order valence-corrected chi connectivity index (χ2v) is 4.98. The maximum atomic E-state index is 12.0. The predicted molar refractivity (Wildman–Crippen MR) is 78.2 cm³/mol. The van der Waals surface area contributed by atoms with E-state index in [4.69, 9.17) is 4.52 Å². The highest BCUT2D eigenvalue weighted by Gasteiger charge is 2.11. The predicted octanol–water partition coefficient (Wildman–Crippen LogP) is 2.37. The van der Waals surface area contributed by atoms with E-state index in [2.05, 4.69) is 15.8 Å². The number of carbonyl (C=O) groups excluding carboxylic acids is 2. The van der Waals surface area contributed by atoms with Crippen LogP contribution in [0.5, 0.6) is 0 Å². The van der Waals surface area contributed by atoms with Crippen molar-refractivity contribution in [3.63, 3.8) is 0 Å². The molecule has 0 unspecified atom stereocenters. The van der Waals surface area contributed by atoms with Crippen molar-refractivity contribution in [2.45, 2.75) is 26.8 Å². The van der Waals surface area contributed by atoms with Crippen LogP contribution in [0.25, 0.3) is 0 Å². The third-order valence-corrected chi connectivity index (χ3v) is 2.70. The van der Waals surface area contributed by atoms with E-state index < -0.39 is 0 Å². The van der Waals surface area contributed by atoms with Crippen molar-refractivity contribution in [1.82, 2.24) is 10.5 Å². The molecule has 0 saturated carbocycles. The molecule has 0 fully saturated rings. The summed E-state index contributed by atoms with van der Waals surface area (Å²) < 4.78 is 4.87. The van der Waals surface area contributed by atoms with Gasteiger partial charge in [0, 0.05) is 23.2 Å². The zero-order chi connectivity index (χ0) is 15.4. The van der Waals surface area contributed by atoms with Gasteiger partial charge in [0.2, 0.25) is 0 Å². The normalized spacial score (nSPS) is 10.5. The van der Waals surface area contributed by atoms with Crippen LogP contribution < -0.4 is 10.6 Å². The Morgan fingerprint density at radius 2 is 1.67 bits per heavy atom. The Morgan fingerprint density at radius 3 is 2.14 bits per heavy atom. The number of hydrogen-bond acceptors (Lipinski definition) is 4. The van der Waals surface area contributed by atoms with Gasteiger partial charge >= 0.3 is 0 Å². The van der Waals surface area contributed by atoms with E-state index in [1.807, 2.05) is 13.8 Å². The summed E-state index contributed by atoms with van der Waals surface area (Å²) >= 11 is 0. The number of nitrogens with one attached hydrogen (secondary N) is 2. The first-order valence-electron chi connectivity index (χ1n) is 6.61. The van der Waals surface area contributed by atoms with Crippen LogP contribution in [0.4, 0.5) is 5.82 Å². The zero-order valence-electron chi connectivity index (χ0n) is 12.1. The molecule has 1 heterocycles. The molecule has 0 saturated heterocycles. The van der Waals surface area contributed by atoms with Crippen LogP contribution in [0, 0.1) is 6.92 Å². The minimum Gasteiger partial charge on any atom is -0.360 e. The topological polar surface area (TPSA) is 84.2 Å². The average molecular weight is 287 g/mol. The number of hydrogen-bond donors (Lipinski definition) is 2. The van der Waals surface area contributed by atoms with Crippen LogP contribution in [0.15, 0.2) is 34.9 Å². The Hall–Kier alpha value is -2.63. The number of nitrogens with zero attached hydrogens (tertiary/aromatic N) is 1. The second kappa shape index (κ2) is 6.21. The second-order valence-electron chi connectivity index (χ2n) is 4.98.